The SMILES string of the molecule is Cl.O=C(NCCOC(=O)c1cccnc1)c1ccc([N+](=O)[O-])cc1. The zero-order valence-electron chi connectivity index (χ0n) is 12.4. The standard InChI is InChI=1S/C15H13N3O5.ClH/c19-14(11-3-5-13(6-4-11)18(21)22)17-8-9-23-15(20)12-2-1-7-16-10-12;/h1-7,10H,8-9H2,(H,17,19);1H. The third-order valence-electron chi connectivity index (χ3n) is 2.86. The Kier molecular flexibility index (Phi) is 7.31. The Hall–Kier alpha value is -3.00. The van der Waals surface area contributed by atoms with Crippen LogP contribution in [0.2, 0.25) is 0 Å². The lowest BCUT2D eigenvalue weighted by molar-refractivity contribution is -0.384. The molecular formula is C15H14ClN3O5. The molecule has 2 rings (SSSR count). The minimum Gasteiger partial charge on any atom is -0.460 e. The summed E-state index contributed by atoms with van der Waals surface area (Å²) >= 11 is 0. The predicted molar refractivity (Wildman–Crippen MR) is 87.2 cm³/mol. The number of rotatable bonds is 6. The van der Waals surface area contributed by atoms with Crippen LogP contribution in [0.15, 0.2) is 48.8 Å². The summed E-state index contributed by atoms with van der Waals surface area (Å²) in [5.74, 6) is -0.931. The Bertz CT molecular complexity index is 707. The number of pyridine rings is 1. The van der Waals surface area contributed by atoms with Crippen molar-refractivity contribution in [1.82, 2.24) is 10.3 Å². The average Bonchev–Trinajstić information content (AvgIpc) is 2.59. The number of benzene rings is 1. The Labute approximate surface area is 143 Å². The monoisotopic (exact) mass is 351 g/mol. The third-order valence-corrected chi connectivity index (χ3v) is 2.86. The quantitative estimate of drug-likeness (QED) is 0.369. The number of carbonyl (C=O) groups excluding carboxylic acids is 2. The van der Waals surface area contributed by atoms with Gasteiger partial charge in [0.15, 0.2) is 0 Å². The minimum atomic E-state index is -0.542. The first-order valence-electron chi connectivity index (χ1n) is 6.68. The van der Waals surface area contributed by atoms with Gasteiger partial charge in [-0.05, 0) is 24.3 Å². The molecule has 0 aliphatic rings. The van der Waals surface area contributed by atoms with Gasteiger partial charge in [-0.3, -0.25) is 19.9 Å². The van der Waals surface area contributed by atoms with Crippen molar-refractivity contribution in [2.24, 2.45) is 0 Å². The van der Waals surface area contributed by atoms with Gasteiger partial charge in [-0.15, -0.1) is 12.4 Å². The minimum absolute atomic E-state index is 0. The molecule has 0 atom stereocenters. The van der Waals surface area contributed by atoms with Crippen molar-refractivity contribution in [3.63, 3.8) is 0 Å². The van der Waals surface area contributed by atoms with Crippen molar-refractivity contribution >= 4 is 30.0 Å². The summed E-state index contributed by atoms with van der Waals surface area (Å²) in [7, 11) is 0. The van der Waals surface area contributed by atoms with Crippen molar-refractivity contribution in [1.29, 1.82) is 0 Å². The molecule has 0 bridgehead atoms. The Morgan fingerprint density at radius 1 is 1.17 bits per heavy atom. The Balaban J connectivity index is 0.00000288. The lowest BCUT2D eigenvalue weighted by Crippen LogP contribution is -2.28. The number of amides is 1. The molecule has 0 aliphatic carbocycles. The van der Waals surface area contributed by atoms with Gasteiger partial charge in [0.25, 0.3) is 11.6 Å². The summed E-state index contributed by atoms with van der Waals surface area (Å²) in [6, 6.07) is 8.40. The number of hydrogen-bond acceptors (Lipinski definition) is 6. The van der Waals surface area contributed by atoms with E-state index in [4.69, 9.17) is 4.74 Å². The molecule has 1 amide bonds. The summed E-state index contributed by atoms with van der Waals surface area (Å²) in [6.45, 7) is 0.133. The van der Waals surface area contributed by atoms with Gasteiger partial charge in [-0.25, -0.2) is 4.79 Å². The van der Waals surface area contributed by atoms with E-state index in [1.54, 1.807) is 18.3 Å². The molecule has 1 aromatic heterocycles. The molecule has 2 aromatic rings. The van der Waals surface area contributed by atoms with Crippen molar-refractivity contribution in [2.45, 2.75) is 0 Å². The van der Waals surface area contributed by atoms with E-state index in [0.29, 0.717) is 5.56 Å². The molecule has 24 heavy (non-hydrogen) atoms. The first kappa shape index (κ1) is 19.0. The predicted octanol–water partition coefficient (Wildman–Crippen LogP) is 2.00. The number of nitrogens with zero attached hydrogens (tertiary/aromatic N) is 2. The van der Waals surface area contributed by atoms with Gasteiger partial charge in [0.05, 0.1) is 17.0 Å². The van der Waals surface area contributed by atoms with Crippen LogP contribution in [0.4, 0.5) is 5.69 Å². The number of non-ortho nitro benzene ring substituents is 1. The van der Waals surface area contributed by atoms with E-state index in [2.05, 4.69) is 10.3 Å². The van der Waals surface area contributed by atoms with Gasteiger partial charge >= 0.3 is 5.97 Å². The first-order valence-corrected chi connectivity index (χ1v) is 6.68. The van der Waals surface area contributed by atoms with Gasteiger partial charge in [-0.1, -0.05) is 0 Å². The fourth-order valence-electron chi connectivity index (χ4n) is 1.71. The van der Waals surface area contributed by atoms with Crippen molar-refractivity contribution < 1.29 is 19.2 Å². The number of nitro groups is 1. The molecule has 8 nitrogen and oxygen atoms in total. The normalized spacial score (nSPS) is 9.50. The van der Waals surface area contributed by atoms with E-state index < -0.39 is 16.8 Å². The number of carbonyl (C=O) groups is 2. The molecular weight excluding hydrogens is 338 g/mol. The second-order valence-corrected chi connectivity index (χ2v) is 4.44. The number of aromatic nitrogens is 1. The second-order valence-electron chi connectivity index (χ2n) is 4.44. The number of nitro benzene ring substituents is 1. The van der Waals surface area contributed by atoms with Crippen LogP contribution in [0.1, 0.15) is 20.7 Å². The average molecular weight is 352 g/mol. The van der Waals surface area contributed by atoms with E-state index >= 15 is 0 Å². The number of ether oxygens (including phenoxy) is 1. The lowest BCUT2D eigenvalue weighted by Gasteiger charge is -2.06. The summed E-state index contributed by atoms with van der Waals surface area (Å²) in [5, 5.41) is 13.1. The summed E-state index contributed by atoms with van der Waals surface area (Å²) in [5.41, 5.74) is 0.523. The van der Waals surface area contributed by atoms with Crippen LogP contribution >= 0.6 is 12.4 Å². The summed E-state index contributed by atoms with van der Waals surface area (Å²) in [4.78, 5) is 37.2. The molecule has 9 heteroatoms. The summed E-state index contributed by atoms with van der Waals surface area (Å²) in [6.07, 6.45) is 2.93. The largest absolute Gasteiger partial charge is 0.460 e. The van der Waals surface area contributed by atoms with E-state index in [9.17, 15) is 19.7 Å². The van der Waals surface area contributed by atoms with Crippen LogP contribution < -0.4 is 5.32 Å². The van der Waals surface area contributed by atoms with Crippen molar-refractivity contribution in [2.75, 3.05) is 13.2 Å². The summed E-state index contributed by atoms with van der Waals surface area (Å²) < 4.78 is 4.98. The van der Waals surface area contributed by atoms with Crippen LogP contribution in [0.3, 0.4) is 0 Å². The van der Waals surface area contributed by atoms with Crippen LogP contribution in [0.5, 0.6) is 0 Å². The van der Waals surface area contributed by atoms with Gasteiger partial charge < -0.3 is 10.1 Å². The smallest absolute Gasteiger partial charge is 0.339 e. The first-order chi connectivity index (χ1) is 11.1. The topological polar surface area (TPSA) is 111 Å². The third kappa shape index (κ3) is 5.33. The molecule has 1 N–H and O–H groups in total. The number of esters is 1. The lowest BCUT2D eigenvalue weighted by atomic mass is 10.2. The maximum absolute atomic E-state index is 11.8. The molecule has 0 aliphatic heterocycles. The highest BCUT2D eigenvalue weighted by molar-refractivity contribution is 5.94. The van der Waals surface area contributed by atoms with Crippen molar-refractivity contribution in [3.8, 4) is 0 Å². The van der Waals surface area contributed by atoms with Crippen LogP contribution in [0.25, 0.3) is 0 Å². The Morgan fingerprint density at radius 3 is 2.46 bits per heavy atom. The number of nitrogens with one attached hydrogen (secondary N) is 1. The number of halogens is 1. The van der Waals surface area contributed by atoms with Crippen LogP contribution in [-0.2, 0) is 4.74 Å². The van der Waals surface area contributed by atoms with Crippen molar-refractivity contribution in [3.05, 3.63) is 70.0 Å². The second kappa shape index (κ2) is 9.21. The molecule has 0 spiro atoms. The zero-order valence-corrected chi connectivity index (χ0v) is 13.2. The van der Waals surface area contributed by atoms with Gasteiger partial charge in [-0.2, -0.15) is 0 Å². The van der Waals surface area contributed by atoms with Crippen LogP contribution in [0, 0.1) is 10.1 Å². The fourth-order valence-corrected chi connectivity index (χ4v) is 1.71. The van der Waals surface area contributed by atoms with Gasteiger partial charge in [0, 0.05) is 30.1 Å². The molecule has 0 saturated heterocycles. The highest BCUT2D eigenvalue weighted by Gasteiger charge is 2.10. The van der Waals surface area contributed by atoms with E-state index in [1.165, 1.54) is 30.5 Å². The van der Waals surface area contributed by atoms with E-state index in [0.717, 1.165) is 0 Å². The molecule has 1 heterocycles. The Morgan fingerprint density at radius 2 is 1.88 bits per heavy atom. The molecule has 0 fully saturated rings. The fraction of sp³-hybridized carbons (Fsp3) is 0.133. The maximum Gasteiger partial charge on any atom is 0.339 e. The van der Waals surface area contributed by atoms with Gasteiger partial charge in [0.1, 0.15) is 6.61 Å². The molecule has 0 saturated carbocycles. The highest BCUT2D eigenvalue weighted by Crippen LogP contribution is 2.11. The van der Waals surface area contributed by atoms with E-state index in [1.807, 2.05) is 0 Å². The van der Waals surface area contributed by atoms with Gasteiger partial charge in [0.2, 0.25) is 0 Å². The van der Waals surface area contributed by atoms with Crippen LogP contribution in [-0.4, -0.2) is 34.9 Å². The molecule has 0 unspecified atom stereocenters. The highest BCUT2D eigenvalue weighted by atomic mass is 35.5. The molecule has 126 valence electrons. The molecule has 1 aromatic carbocycles. The maximum atomic E-state index is 11.8. The zero-order chi connectivity index (χ0) is 16.7. The van der Waals surface area contributed by atoms with E-state index in [-0.39, 0.29) is 36.8 Å². The number of hydrogen-bond donors (Lipinski definition) is 1. The molecule has 0 radical (unpaired) electrons.